The molecule has 0 amide bonds. The summed E-state index contributed by atoms with van der Waals surface area (Å²) in [7, 11) is -1.35. The van der Waals surface area contributed by atoms with Gasteiger partial charge in [0.1, 0.15) is 10.0 Å². The van der Waals surface area contributed by atoms with Crippen molar-refractivity contribution >= 4 is 21.2 Å². The fourth-order valence-electron chi connectivity index (χ4n) is 1.45. The fourth-order valence-corrected chi connectivity index (χ4v) is 2.97. The van der Waals surface area contributed by atoms with Crippen LogP contribution in [0.1, 0.15) is 5.01 Å². The Bertz CT molecular complexity index is 650. The first-order valence-corrected chi connectivity index (χ1v) is 7.99. The molecule has 1 aromatic heterocycles. The van der Waals surface area contributed by atoms with E-state index in [0.29, 0.717) is 11.4 Å². The van der Waals surface area contributed by atoms with Crippen molar-refractivity contribution in [2.75, 3.05) is 13.3 Å². The molecule has 1 heterocycles. The van der Waals surface area contributed by atoms with Crippen LogP contribution >= 0.6 is 11.3 Å². The van der Waals surface area contributed by atoms with E-state index in [1.165, 1.54) is 17.6 Å². The lowest BCUT2D eigenvalue weighted by Gasteiger charge is -2.00. The molecule has 0 spiro atoms. The molecule has 0 aliphatic heterocycles. The van der Waals surface area contributed by atoms with Crippen molar-refractivity contribution in [1.82, 2.24) is 15.5 Å². The zero-order valence-corrected chi connectivity index (χ0v) is 11.7. The summed E-state index contributed by atoms with van der Waals surface area (Å²) in [5, 5.41) is 12.7. The predicted octanol–water partition coefficient (Wildman–Crippen LogP) is 1.33. The van der Waals surface area contributed by atoms with E-state index in [1.54, 1.807) is 18.2 Å². The van der Waals surface area contributed by atoms with Crippen LogP contribution in [0.5, 0.6) is 0 Å². The Morgan fingerprint density at radius 2 is 2.11 bits per heavy atom. The van der Waals surface area contributed by atoms with E-state index in [2.05, 4.69) is 15.5 Å². The lowest BCUT2D eigenvalue weighted by molar-refractivity contribution is 0.602. The molecule has 0 radical (unpaired) electrons. The summed E-state index contributed by atoms with van der Waals surface area (Å²) in [6.07, 6.45) is 1.19. The summed E-state index contributed by atoms with van der Waals surface area (Å²) in [5.74, 6) is 0. The summed E-state index contributed by atoms with van der Waals surface area (Å²) in [5.41, 5.74) is 0.776. The van der Waals surface area contributed by atoms with Crippen LogP contribution in [0.4, 0.5) is 0 Å². The highest BCUT2D eigenvalue weighted by Crippen LogP contribution is 2.25. The molecule has 0 bridgehead atoms. The van der Waals surface area contributed by atoms with E-state index in [1.807, 2.05) is 13.1 Å². The van der Waals surface area contributed by atoms with Gasteiger partial charge in [-0.25, -0.2) is 8.42 Å². The van der Waals surface area contributed by atoms with Gasteiger partial charge in [0.05, 0.1) is 4.90 Å². The van der Waals surface area contributed by atoms with Crippen molar-refractivity contribution in [2.45, 2.75) is 11.4 Å². The summed E-state index contributed by atoms with van der Waals surface area (Å²) in [6.45, 7) is 0.656. The van der Waals surface area contributed by atoms with Crippen LogP contribution in [-0.2, 0) is 16.4 Å². The molecule has 1 aromatic carbocycles. The fraction of sp³-hybridized carbons (Fsp3) is 0.273. The number of rotatable bonds is 4. The van der Waals surface area contributed by atoms with Gasteiger partial charge in [-0.3, -0.25) is 0 Å². The van der Waals surface area contributed by atoms with Gasteiger partial charge < -0.3 is 5.32 Å². The molecule has 5 nitrogen and oxygen atoms in total. The quantitative estimate of drug-likeness (QED) is 0.916. The topological polar surface area (TPSA) is 72.0 Å². The van der Waals surface area contributed by atoms with Gasteiger partial charge in [0.2, 0.25) is 0 Å². The molecule has 18 heavy (non-hydrogen) atoms. The lowest BCUT2D eigenvalue weighted by atomic mass is 10.2. The Kier molecular flexibility index (Phi) is 3.74. The maximum Gasteiger partial charge on any atom is 0.175 e. The normalized spacial score (nSPS) is 11.7. The van der Waals surface area contributed by atoms with E-state index in [0.717, 1.165) is 15.6 Å². The third-order valence-corrected chi connectivity index (χ3v) is 4.39. The highest BCUT2D eigenvalue weighted by atomic mass is 32.2. The summed E-state index contributed by atoms with van der Waals surface area (Å²) < 4.78 is 23.0. The van der Waals surface area contributed by atoms with Gasteiger partial charge in [0.25, 0.3) is 0 Å². The van der Waals surface area contributed by atoms with E-state index in [9.17, 15) is 8.42 Å². The van der Waals surface area contributed by atoms with E-state index in [-0.39, 0.29) is 0 Å². The number of benzene rings is 1. The van der Waals surface area contributed by atoms with Crippen LogP contribution in [0.15, 0.2) is 29.2 Å². The zero-order chi connectivity index (χ0) is 13.2. The molecule has 7 heteroatoms. The second kappa shape index (κ2) is 5.13. The number of nitrogens with zero attached hydrogens (tertiary/aromatic N) is 2. The molecule has 0 aliphatic rings. The largest absolute Gasteiger partial charge is 0.313 e. The Balaban J connectivity index is 2.38. The molecule has 2 aromatic rings. The monoisotopic (exact) mass is 283 g/mol. The lowest BCUT2D eigenvalue weighted by Crippen LogP contribution is -2.04. The Labute approximate surface area is 110 Å². The SMILES string of the molecule is CNCc1nnc(-c2cccc(S(C)(=O)=O)c2)s1. The number of aromatic nitrogens is 2. The number of hydrogen-bond acceptors (Lipinski definition) is 6. The van der Waals surface area contributed by atoms with Gasteiger partial charge in [-0.2, -0.15) is 0 Å². The van der Waals surface area contributed by atoms with Gasteiger partial charge in [0, 0.05) is 18.4 Å². The van der Waals surface area contributed by atoms with Gasteiger partial charge in [0.15, 0.2) is 9.84 Å². The molecule has 0 atom stereocenters. The Hall–Kier alpha value is -1.31. The number of nitrogens with one attached hydrogen (secondary N) is 1. The molecule has 0 aliphatic carbocycles. The minimum absolute atomic E-state index is 0.297. The Morgan fingerprint density at radius 1 is 1.33 bits per heavy atom. The average molecular weight is 283 g/mol. The molecule has 0 saturated carbocycles. The smallest absolute Gasteiger partial charge is 0.175 e. The second-order valence-electron chi connectivity index (χ2n) is 3.83. The highest BCUT2D eigenvalue weighted by molar-refractivity contribution is 7.90. The number of hydrogen-bond donors (Lipinski definition) is 1. The summed E-state index contributed by atoms with van der Waals surface area (Å²) >= 11 is 1.45. The van der Waals surface area contributed by atoms with Crippen LogP contribution in [0, 0.1) is 0 Å². The first-order chi connectivity index (χ1) is 8.50. The van der Waals surface area contributed by atoms with E-state index >= 15 is 0 Å². The van der Waals surface area contributed by atoms with Crippen LogP contribution in [-0.4, -0.2) is 31.9 Å². The van der Waals surface area contributed by atoms with Crippen molar-refractivity contribution in [1.29, 1.82) is 0 Å². The van der Waals surface area contributed by atoms with Crippen LogP contribution in [0.3, 0.4) is 0 Å². The maximum absolute atomic E-state index is 11.5. The number of sulfone groups is 1. The molecular formula is C11H13N3O2S2. The first-order valence-electron chi connectivity index (χ1n) is 5.28. The minimum atomic E-state index is -3.19. The molecule has 0 unspecified atom stereocenters. The first kappa shape index (κ1) is 13.1. The second-order valence-corrected chi connectivity index (χ2v) is 6.91. The van der Waals surface area contributed by atoms with Gasteiger partial charge >= 0.3 is 0 Å². The van der Waals surface area contributed by atoms with Crippen molar-refractivity contribution in [3.63, 3.8) is 0 Å². The van der Waals surface area contributed by atoms with Gasteiger partial charge in [-0.15, -0.1) is 10.2 Å². The molecule has 0 saturated heterocycles. The van der Waals surface area contributed by atoms with Gasteiger partial charge in [-0.05, 0) is 19.2 Å². The van der Waals surface area contributed by atoms with E-state index < -0.39 is 9.84 Å². The van der Waals surface area contributed by atoms with Crippen molar-refractivity contribution in [2.24, 2.45) is 0 Å². The molecular weight excluding hydrogens is 270 g/mol. The van der Waals surface area contributed by atoms with Crippen molar-refractivity contribution in [3.05, 3.63) is 29.3 Å². The average Bonchev–Trinajstić information content (AvgIpc) is 2.77. The molecule has 0 fully saturated rings. The third-order valence-electron chi connectivity index (χ3n) is 2.30. The van der Waals surface area contributed by atoms with E-state index in [4.69, 9.17) is 0 Å². The molecule has 96 valence electrons. The molecule has 2 rings (SSSR count). The standard InChI is InChI=1S/C11H13N3O2S2/c1-12-7-10-13-14-11(17-10)8-4-3-5-9(6-8)18(2,15)16/h3-6,12H,7H2,1-2H3. The predicted molar refractivity (Wildman–Crippen MR) is 71.2 cm³/mol. The van der Waals surface area contributed by atoms with Crippen molar-refractivity contribution in [3.8, 4) is 10.6 Å². The highest BCUT2D eigenvalue weighted by Gasteiger charge is 2.11. The minimum Gasteiger partial charge on any atom is -0.313 e. The van der Waals surface area contributed by atoms with Crippen molar-refractivity contribution < 1.29 is 8.42 Å². The third kappa shape index (κ3) is 2.92. The van der Waals surface area contributed by atoms with Crippen LogP contribution < -0.4 is 5.32 Å². The summed E-state index contributed by atoms with van der Waals surface area (Å²) in [6, 6.07) is 6.75. The Morgan fingerprint density at radius 3 is 2.78 bits per heavy atom. The summed E-state index contributed by atoms with van der Waals surface area (Å²) in [4.78, 5) is 0.297. The zero-order valence-electron chi connectivity index (χ0n) is 10.0. The molecule has 1 N–H and O–H groups in total. The van der Waals surface area contributed by atoms with Gasteiger partial charge in [-0.1, -0.05) is 23.5 Å². The van der Waals surface area contributed by atoms with Crippen LogP contribution in [0.2, 0.25) is 0 Å². The van der Waals surface area contributed by atoms with Crippen LogP contribution in [0.25, 0.3) is 10.6 Å². The maximum atomic E-state index is 11.5.